The highest BCUT2D eigenvalue weighted by atomic mass is 32.1. The molecule has 0 bridgehead atoms. The quantitative estimate of drug-likeness (QED) is 0.404. The monoisotopic (exact) mass is 510 g/mol. The number of hydrogen-bond donors (Lipinski definition) is 2. The first kappa shape index (κ1) is 24.9. The number of rotatable bonds is 2. The van der Waals surface area contributed by atoms with E-state index in [-0.39, 0.29) is 27.6 Å². The summed E-state index contributed by atoms with van der Waals surface area (Å²) in [6.07, 6.45) is 9.64. The van der Waals surface area contributed by atoms with Gasteiger partial charge in [-0.1, -0.05) is 46.8 Å². The van der Waals surface area contributed by atoms with Gasteiger partial charge in [0.25, 0.3) is 0 Å². The summed E-state index contributed by atoms with van der Waals surface area (Å²) in [6, 6.07) is 0. The van der Waals surface area contributed by atoms with Crippen molar-refractivity contribution >= 4 is 22.4 Å². The van der Waals surface area contributed by atoms with Crippen LogP contribution in [0.3, 0.4) is 0 Å². The lowest BCUT2D eigenvalue weighted by Crippen LogP contribution is -2.66. The van der Waals surface area contributed by atoms with E-state index in [0.29, 0.717) is 23.7 Å². The highest BCUT2D eigenvalue weighted by Crippen LogP contribution is 2.77. The lowest BCUT2D eigenvalue weighted by molar-refractivity contribution is -0.227. The minimum absolute atomic E-state index is 0.0955. The van der Waals surface area contributed by atoms with Gasteiger partial charge in [-0.25, -0.2) is 4.98 Å². The van der Waals surface area contributed by atoms with Crippen LogP contribution in [-0.2, 0) is 16.6 Å². The van der Waals surface area contributed by atoms with Crippen LogP contribution in [-0.4, -0.2) is 16.1 Å². The van der Waals surface area contributed by atoms with E-state index < -0.39 is 11.4 Å². The standard InChI is InChI=1S/C31H46N2O2S/c1-17(2)18-10-13-31(25(34)35)15-14-29(6)19(23(18)31)8-9-22-28(5)16-20-24(36-26(32)33-20)27(3,4)21(28)11-12-30(22,29)7/h18-19,21-23H,1,8-16H2,2-7H3,(H2,32,33)(H,34,35)/t18-,19?,21?,22?,23?,28-,29+,30+,31-/m0/s1. The average molecular weight is 511 g/mol. The molecule has 0 amide bonds. The molecule has 0 aliphatic heterocycles. The zero-order valence-electron chi connectivity index (χ0n) is 23.2. The molecule has 0 spiro atoms. The number of nitrogens with zero attached hydrogens (tertiary/aromatic N) is 1. The minimum atomic E-state index is -0.544. The van der Waals surface area contributed by atoms with E-state index >= 15 is 0 Å². The number of hydrogen-bond acceptors (Lipinski definition) is 4. The normalized spacial score (nSPS) is 48.7. The Bertz CT molecular complexity index is 1140. The number of aliphatic carboxylic acids is 1. The third kappa shape index (κ3) is 2.77. The zero-order valence-corrected chi connectivity index (χ0v) is 24.1. The van der Waals surface area contributed by atoms with Crippen molar-refractivity contribution in [1.82, 2.24) is 4.98 Å². The fourth-order valence-corrected chi connectivity index (χ4v) is 12.8. The summed E-state index contributed by atoms with van der Waals surface area (Å²) >= 11 is 1.72. The Morgan fingerprint density at radius 2 is 1.72 bits per heavy atom. The number of carboxylic acid groups (broad SMARTS) is 1. The third-order valence-corrected chi connectivity index (χ3v) is 14.7. The summed E-state index contributed by atoms with van der Waals surface area (Å²) in [4.78, 5) is 19.1. The second kappa shape index (κ2) is 7.39. The van der Waals surface area contributed by atoms with Gasteiger partial charge in [-0.15, -0.1) is 11.3 Å². The number of allylic oxidation sites excluding steroid dienone is 1. The average Bonchev–Trinajstić information content (AvgIpc) is 3.35. The number of anilines is 1. The summed E-state index contributed by atoms with van der Waals surface area (Å²) in [6.45, 7) is 19.2. The fraction of sp³-hybridized carbons (Fsp3) is 0.806. The molecule has 5 heteroatoms. The molecule has 36 heavy (non-hydrogen) atoms. The SMILES string of the molecule is C=C(C)[C@@H]1CC[C@]2(C(=O)O)CC[C@]3(C)C(CCC4[C@@]5(C)Cc6nc(N)sc6C(C)(C)C5CC[C@]43C)C12. The minimum Gasteiger partial charge on any atom is -0.481 e. The van der Waals surface area contributed by atoms with Gasteiger partial charge in [0.05, 0.1) is 11.1 Å². The summed E-state index contributed by atoms with van der Waals surface area (Å²) in [5.74, 6) is 1.78. The van der Waals surface area contributed by atoms with Crippen LogP contribution >= 0.6 is 11.3 Å². The summed E-state index contributed by atoms with van der Waals surface area (Å²) in [5, 5.41) is 11.3. The molecule has 0 radical (unpaired) electrons. The molecule has 6 rings (SSSR count). The van der Waals surface area contributed by atoms with E-state index in [1.165, 1.54) is 35.4 Å². The Hall–Kier alpha value is -1.36. The summed E-state index contributed by atoms with van der Waals surface area (Å²) < 4.78 is 0. The largest absolute Gasteiger partial charge is 0.481 e. The highest BCUT2D eigenvalue weighted by Gasteiger charge is 2.72. The van der Waals surface area contributed by atoms with Crippen LogP contribution in [0, 0.1) is 51.2 Å². The first-order chi connectivity index (χ1) is 16.7. The molecule has 4 saturated carbocycles. The lowest BCUT2D eigenvalue weighted by atomic mass is 9.32. The van der Waals surface area contributed by atoms with Crippen LogP contribution in [0.5, 0.6) is 0 Å². The first-order valence-electron chi connectivity index (χ1n) is 14.4. The first-order valence-corrected chi connectivity index (χ1v) is 15.2. The molecule has 5 aliphatic carbocycles. The summed E-state index contributed by atoms with van der Waals surface area (Å²) in [5.41, 5.74) is 8.84. The van der Waals surface area contributed by atoms with Gasteiger partial charge >= 0.3 is 5.97 Å². The Kier molecular flexibility index (Phi) is 5.12. The van der Waals surface area contributed by atoms with E-state index in [1.807, 2.05) is 0 Å². The fourth-order valence-electron chi connectivity index (χ4n) is 11.8. The van der Waals surface area contributed by atoms with Gasteiger partial charge in [-0.2, -0.15) is 0 Å². The van der Waals surface area contributed by atoms with E-state index in [9.17, 15) is 9.90 Å². The molecular weight excluding hydrogens is 464 g/mol. The Morgan fingerprint density at radius 1 is 1.00 bits per heavy atom. The second-order valence-corrected chi connectivity index (χ2v) is 15.9. The topological polar surface area (TPSA) is 76.2 Å². The maximum absolute atomic E-state index is 12.9. The van der Waals surface area contributed by atoms with Gasteiger partial charge in [-0.05, 0) is 111 Å². The Balaban J connectivity index is 1.44. The van der Waals surface area contributed by atoms with Crippen LogP contribution in [0.25, 0.3) is 0 Å². The van der Waals surface area contributed by atoms with Crippen molar-refractivity contribution in [2.24, 2.45) is 51.2 Å². The number of thiazole rings is 1. The predicted octanol–water partition coefficient (Wildman–Crippen LogP) is 7.48. The van der Waals surface area contributed by atoms with Crippen LogP contribution in [0.15, 0.2) is 12.2 Å². The highest BCUT2D eigenvalue weighted by molar-refractivity contribution is 7.15. The van der Waals surface area contributed by atoms with E-state index in [2.05, 4.69) is 48.1 Å². The predicted molar refractivity (Wildman–Crippen MR) is 147 cm³/mol. The maximum Gasteiger partial charge on any atom is 0.309 e. The number of nitrogens with two attached hydrogens (primary N) is 1. The zero-order chi connectivity index (χ0) is 26.1. The van der Waals surface area contributed by atoms with Gasteiger partial charge < -0.3 is 10.8 Å². The van der Waals surface area contributed by atoms with Gasteiger partial charge in [-0.3, -0.25) is 4.79 Å². The molecule has 4 unspecified atom stereocenters. The Morgan fingerprint density at radius 3 is 2.39 bits per heavy atom. The van der Waals surface area contributed by atoms with Crippen LogP contribution < -0.4 is 5.73 Å². The van der Waals surface area contributed by atoms with Crippen LogP contribution in [0.1, 0.15) is 103 Å². The molecule has 198 valence electrons. The van der Waals surface area contributed by atoms with Crippen LogP contribution in [0.2, 0.25) is 0 Å². The van der Waals surface area contributed by atoms with E-state index in [0.717, 1.165) is 43.7 Å². The molecule has 4 fully saturated rings. The van der Waals surface area contributed by atoms with E-state index in [1.54, 1.807) is 11.3 Å². The van der Waals surface area contributed by atoms with Gasteiger partial charge in [0.2, 0.25) is 0 Å². The van der Waals surface area contributed by atoms with Gasteiger partial charge in [0.15, 0.2) is 5.13 Å². The van der Waals surface area contributed by atoms with Crippen LogP contribution in [0.4, 0.5) is 5.13 Å². The van der Waals surface area contributed by atoms with Crippen molar-refractivity contribution in [2.75, 3.05) is 5.73 Å². The van der Waals surface area contributed by atoms with E-state index in [4.69, 9.17) is 10.7 Å². The maximum atomic E-state index is 12.9. The Labute approximate surface area is 221 Å². The van der Waals surface area contributed by atoms with Gasteiger partial charge in [0.1, 0.15) is 0 Å². The molecule has 1 aromatic heterocycles. The van der Waals surface area contributed by atoms with Crippen molar-refractivity contribution in [3.05, 3.63) is 22.7 Å². The van der Waals surface area contributed by atoms with Crippen molar-refractivity contribution in [3.8, 4) is 0 Å². The van der Waals surface area contributed by atoms with Gasteiger partial charge in [0, 0.05) is 10.3 Å². The number of carbonyl (C=O) groups is 1. The van der Waals surface area contributed by atoms with Crippen molar-refractivity contribution in [2.45, 2.75) is 105 Å². The molecule has 5 aliphatic rings. The number of nitrogen functional groups attached to an aromatic ring is 1. The molecule has 1 aromatic rings. The molecule has 0 aromatic carbocycles. The molecule has 3 N–H and O–H groups in total. The molecular formula is C31H46N2O2S. The molecule has 9 atom stereocenters. The number of carboxylic acids is 1. The smallest absolute Gasteiger partial charge is 0.309 e. The third-order valence-electron chi connectivity index (χ3n) is 13.5. The molecule has 4 nitrogen and oxygen atoms in total. The number of fused-ring (bicyclic) bond motifs is 8. The summed E-state index contributed by atoms with van der Waals surface area (Å²) in [7, 11) is 0. The second-order valence-electron chi connectivity index (χ2n) is 14.9. The van der Waals surface area contributed by atoms with Crippen molar-refractivity contribution < 1.29 is 9.90 Å². The van der Waals surface area contributed by atoms with Crippen molar-refractivity contribution in [3.63, 3.8) is 0 Å². The molecule has 1 heterocycles. The molecule has 0 saturated heterocycles. The van der Waals surface area contributed by atoms with Crippen molar-refractivity contribution in [1.29, 1.82) is 0 Å². The lowest BCUT2D eigenvalue weighted by Gasteiger charge is -2.72. The number of aromatic nitrogens is 1.